The predicted octanol–water partition coefficient (Wildman–Crippen LogP) is 2.18. The first-order valence-corrected chi connectivity index (χ1v) is 17.6. The second-order valence-electron chi connectivity index (χ2n) is 16.7. The lowest BCUT2D eigenvalue weighted by molar-refractivity contribution is -0.316. The molecule has 0 aromatic carbocycles. The Hall–Kier alpha value is -0.690. The van der Waals surface area contributed by atoms with Crippen molar-refractivity contribution in [2.75, 3.05) is 6.61 Å². The highest BCUT2D eigenvalue weighted by Crippen LogP contribution is 2.68. The molecular formula is C35H58O10. The number of carbonyl (C=O) groups is 1. The van der Waals surface area contributed by atoms with Crippen molar-refractivity contribution in [3.8, 4) is 0 Å². The summed E-state index contributed by atoms with van der Waals surface area (Å²) in [5, 5.41) is 63.3. The Morgan fingerprint density at radius 3 is 2.24 bits per heavy atom. The minimum absolute atomic E-state index is 0.0115. The Kier molecular flexibility index (Phi) is 9.13. The third-order valence-electron chi connectivity index (χ3n) is 14.3. The van der Waals surface area contributed by atoms with E-state index < -0.39 is 55.1 Å². The molecule has 18 atom stereocenters. The largest absolute Gasteiger partial charge is 0.394 e. The van der Waals surface area contributed by atoms with Crippen LogP contribution in [-0.2, 0) is 19.0 Å². The van der Waals surface area contributed by atoms with E-state index in [-0.39, 0.29) is 70.2 Å². The molecule has 6 rings (SSSR count). The Balaban J connectivity index is 1.14. The van der Waals surface area contributed by atoms with Gasteiger partial charge in [0.15, 0.2) is 6.29 Å². The van der Waals surface area contributed by atoms with Crippen LogP contribution in [0.2, 0.25) is 0 Å². The predicted molar refractivity (Wildman–Crippen MR) is 164 cm³/mol. The summed E-state index contributed by atoms with van der Waals surface area (Å²) in [7, 11) is 0. The highest BCUT2D eigenvalue weighted by Gasteiger charge is 2.66. The fraction of sp³-hybridized carbons (Fsp3) is 0.971. The third-order valence-corrected chi connectivity index (χ3v) is 14.3. The van der Waals surface area contributed by atoms with Crippen LogP contribution in [-0.4, -0.2) is 104 Å². The van der Waals surface area contributed by atoms with Crippen LogP contribution in [0.4, 0.5) is 0 Å². The molecule has 0 aromatic rings. The van der Waals surface area contributed by atoms with Gasteiger partial charge in [0, 0.05) is 12.3 Å². The van der Waals surface area contributed by atoms with Crippen LogP contribution < -0.4 is 0 Å². The zero-order valence-electron chi connectivity index (χ0n) is 27.9. The quantitative estimate of drug-likeness (QED) is 0.171. The lowest BCUT2D eigenvalue weighted by atomic mass is 9.44. The number of hydrogen-bond donors (Lipinski definition) is 6. The Bertz CT molecular complexity index is 1100. The molecule has 0 radical (unpaired) electrons. The molecule has 258 valence electrons. The molecule has 0 unspecified atom stereocenters. The van der Waals surface area contributed by atoms with Crippen molar-refractivity contribution >= 4 is 5.78 Å². The number of aliphatic hydroxyl groups excluding tert-OH is 6. The van der Waals surface area contributed by atoms with Crippen LogP contribution in [0.3, 0.4) is 0 Å². The normalized spacial score (nSPS) is 54.2. The molecule has 45 heavy (non-hydrogen) atoms. The number of aliphatic hydroxyl groups is 6. The summed E-state index contributed by atoms with van der Waals surface area (Å²) in [4.78, 5) is 14.1. The molecular weight excluding hydrogens is 580 g/mol. The minimum atomic E-state index is -1.48. The van der Waals surface area contributed by atoms with Crippen molar-refractivity contribution in [1.29, 1.82) is 0 Å². The monoisotopic (exact) mass is 638 g/mol. The molecule has 6 fully saturated rings. The highest BCUT2D eigenvalue weighted by molar-refractivity contribution is 5.83. The second kappa shape index (κ2) is 12.0. The summed E-state index contributed by atoms with van der Waals surface area (Å²) in [5.74, 6) is 0.954. The standard InChI is InChI=1S/C35H58O10/c1-16(2)35(18(4)45-35)26(39)11-17(3)28-24(38)14-22-27-21(8-10-34(22,28)6)33(5)9-7-20(12-19(33)13-23(27)37)43-32-31(42)30(41)29(40)25(15-36)44-32/h16-22,24-32,36,38-42H,7-15H2,1-6H3/t17-,18-,19-,20+,21+,22+,24+,25-,26+,27-,28-,29-,30+,31-,32-,33+,34+,35+/m1/s1. The van der Waals surface area contributed by atoms with E-state index in [9.17, 15) is 35.4 Å². The molecule has 0 amide bonds. The number of ketones is 1. The van der Waals surface area contributed by atoms with Gasteiger partial charge in [-0.3, -0.25) is 4.79 Å². The summed E-state index contributed by atoms with van der Waals surface area (Å²) in [6, 6.07) is 0. The molecule has 2 saturated heterocycles. The number of carbonyl (C=O) groups excluding carboxylic acids is 1. The summed E-state index contributed by atoms with van der Waals surface area (Å²) in [6.07, 6.45) is -2.13. The Morgan fingerprint density at radius 2 is 1.62 bits per heavy atom. The van der Waals surface area contributed by atoms with Gasteiger partial charge < -0.3 is 44.8 Å². The molecule has 2 heterocycles. The molecule has 0 spiro atoms. The van der Waals surface area contributed by atoms with Gasteiger partial charge in [0.2, 0.25) is 0 Å². The van der Waals surface area contributed by atoms with Crippen molar-refractivity contribution in [2.45, 2.75) is 154 Å². The summed E-state index contributed by atoms with van der Waals surface area (Å²) < 4.78 is 17.7. The number of fused-ring (bicyclic) bond motifs is 5. The molecule has 4 saturated carbocycles. The zero-order valence-corrected chi connectivity index (χ0v) is 27.9. The first kappa shape index (κ1) is 34.2. The average Bonchev–Trinajstić information content (AvgIpc) is 3.59. The van der Waals surface area contributed by atoms with Gasteiger partial charge in [0.05, 0.1) is 31.0 Å². The van der Waals surface area contributed by atoms with Crippen molar-refractivity contribution in [2.24, 2.45) is 52.3 Å². The van der Waals surface area contributed by atoms with Gasteiger partial charge >= 0.3 is 0 Å². The SMILES string of the molecule is CC(C)[C@]1([C@@H](O)C[C@@H](C)[C@@H]2[C@@H](O)C[C@H]3[C@@H]4C(=O)C[C@H]5C[C@@H](O[C@@H]6O[C@H](CO)[C@@H](O)[C@H](O)[C@H]6O)CC[C@]5(C)[C@H]4CC[C@]23C)O[C@@H]1C. The van der Waals surface area contributed by atoms with Crippen LogP contribution in [0, 0.1) is 52.3 Å². The molecule has 4 aliphatic carbocycles. The fourth-order valence-corrected chi connectivity index (χ4v) is 11.8. The van der Waals surface area contributed by atoms with E-state index in [1.807, 2.05) is 6.92 Å². The number of epoxide rings is 1. The molecule has 6 aliphatic rings. The van der Waals surface area contributed by atoms with E-state index in [1.54, 1.807) is 0 Å². The van der Waals surface area contributed by atoms with E-state index in [0.717, 1.165) is 25.7 Å². The maximum atomic E-state index is 14.1. The van der Waals surface area contributed by atoms with Crippen molar-refractivity contribution in [3.63, 3.8) is 0 Å². The molecule has 0 aromatic heterocycles. The van der Waals surface area contributed by atoms with E-state index in [0.29, 0.717) is 25.7 Å². The van der Waals surface area contributed by atoms with Gasteiger partial charge in [-0.15, -0.1) is 0 Å². The van der Waals surface area contributed by atoms with Crippen molar-refractivity contribution < 1.29 is 49.6 Å². The van der Waals surface area contributed by atoms with E-state index in [1.165, 1.54) is 0 Å². The lowest BCUT2D eigenvalue weighted by Gasteiger charge is -2.60. The number of ether oxygens (including phenoxy) is 3. The highest BCUT2D eigenvalue weighted by atomic mass is 16.7. The van der Waals surface area contributed by atoms with Crippen molar-refractivity contribution in [1.82, 2.24) is 0 Å². The van der Waals surface area contributed by atoms with Crippen molar-refractivity contribution in [3.05, 3.63) is 0 Å². The van der Waals surface area contributed by atoms with Gasteiger partial charge in [-0.25, -0.2) is 0 Å². The minimum Gasteiger partial charge on any atom is -0.394 e. The summed E-state index contributed by atoms with van der Waals surface area (Å²) in [6.45, 7) is 12.5. The van der Waals surface area contributed by atoms with E-state index in [4.69, 9.17) is 14.2 Å². The van der Waals surface area contributed by atoms with Gasteiger partial charge in [-0.2, -0.15) is 0 Å². The van der Waals surface area contributed by atoms with Crippen LogP contribution in [0.15, 0.2) is 0 Å². The first-order valence-electron chi connectivity index (χ1n) is 17.6. The number of rotatable bonds is 8. The van der Waals surface area contributed by atoms with Crippen LogP contribution >= 0.6 is 0 Å². The summed E-state index contributed by atoms with van der Waals surface area (Å²) in [5.41, 5.74) is -0.740. The second-order valence-corrected chi connectivity index (χ2v) is 16.7. The fourth-order valence-electron chi connectivity index (χ4n) is 11.8. The Labute approximate surface area is 267 Å². The Morgan fingerprint density at radius 1 is 0.956 bits per heavy atom. The first-order chi connectivity index (χ1) is 21.1. The topological polar surface area (TPSA) is 169 Å². The smallest absolute Gasteiger partial charge is 0.186 e. The number of Topliss-reactive ketones (excluding diaryl/α,β-unsaturated/α-hetero) is 1. The maximum Gasteiger partial charge on any atom is 0.186 e. The molecule has 10 heteroatoms. The van der Waals surface area contributed by atoms with Crippen LogP contribution in [0.5, 0.6) is 0 Å². The van der Waals surface area contributed by atoms with E-state index in [2.05, 4.69) is 34.6 Å². The molecule has 6 N–H and O–H groups in total. The average molecular weight is 639 g/mol. The third kappa shape index (κ3) is 5.28. The maximum absolute atomic E-state index is 14.1. The summed E-state index contributed by atoms with van der Waals surface area (Å²) >= 11 is 0. The van der Waals surface area contributed by atoms with Gasteiger partial charge in [0.25, 0.3) is 0 Å². The molecule has 2 aliphatic heterocycles. The number of hydrogen-bond acceptors (Lipinski definition) is 10. The van der Waals surface area contributed by atoms with Gasteiger partial charge in [-0.05, 0) is 98.2 Å². The molecule has 0 bridgehead atoms. The van der Waals surface area contributed by atoms with Gasteiger partial charge in [0.1, 0.15) is 35.8 Å². The van der Waals surface area contributed by atoms with Gasteiger partial charge in [-0.1, -0.05) is 34.6 Å². The van der Waals surface area contributed by atoms with E-state index >= 15 is 0 Å². The molecule has 10 nitrogen and oxygen atoms in total. The zero-order chi connectivity index (χ0) is 32.8. The lowest BCUT2D eigenvalue weighted by Crippen LogP contribution is -2.60. The van der Waals surface area contributed by atoms with Crippen LogP contribution in [0.25, 0.3) is 0 Å². The van der Waals surface area contributed by atoms with Crippen LogP contribution in [0.1, 0.15) is 92.9 Å².